The van der Waals surface area contributed by atoms with Gasteiger partial charge in [-0.2, -0.15) is 5.10 Å². The highest BCUT2D eigenvalue weighted by Gasteiger charge is 2.07. The highest BCUT2D eigenvalue weighted by atomic mass is 19.1. The molecule has 2 aromatic rings. The molecule has 2 rings (SSSR count). The fourth-order valence-electron chi connectivity index (χ4n) is 1.72. The topological polar surface area (TPSA) is 72.9 Å². The molecule has 0 radical (unpaired) electrons. The molecule has 0 atom stereocenters. The minimum absolute atomic E-state index is 0.165. The van der Waals surface area contributed by atoms with Crippen LogP contribution in [0.4, 0.5) is 15.8 Å². The van der Waals surface area contributed by atoms with Gasteiger partial charge in [0.05, 0.1) is 17.6 Å². The molecule has 0 aliphatic carbocycles. The van der Waals surface area contributed by atoms with E-state index in [4.69, 9.17) is 5.73 Å². The minimum Gasteiger partial charge on any atom is -0.397 e. The molecule has 1 amide bonds. The number of rotatable bonds is 4. The van der Waals surface area contributed by atoms with Crippen LogP contribution in [0.2, 0.25) is 0 Å². The molecule has 0 saturated heterocycles. The Balaban J connectivity index is 1.90. The number of aromatic nitrogens is 2. The van der Waals surface area contributed by atoms with Crippen molar-refractivity contribution in [1.29, 1.82) is 0 Å². The maximum atomic E-state index is 12.9. The number of benzene rings is 1. The molecular weight excluding hydrogens is 247 g/mol. The summed E-state index contributed by atoms with van der Waals surface area (Å²) in [4.78, 5) is 11.7. The standard InChI is InChI=1S/C13H15FN4O/c1-18-8-9(7-16-18)2-5-13(19)17-12-4-3-10(14)6-11(12)15/h3-4,6-8H,2,5,15H2,1H3,(H,17,19). The lowest BCUT2D eigenvalue weighted by molar-refractivity contribution is -0.116. The van der Waals surface area contributed by atoms with Gasteiger partial charge in [-0.15, -0.1) is 0 Å². The van der Waals surface area contributed by atoms with Crippen LogP contribution in [-0.2, 0) is 18.3 Å². The highest BCUT2D eigenvalue weighted by molar-refractivity contribution is 5.93. The Kier molecular flexibility index (Phi) is 3.79. The number of nitrogens with one attached hydrogen (secondary N) is 1. The average Bonchev–Trinajstić information content (AvgIpc) is 2.76. The maximum Gasteiger partial charge on any atom is 0.224 e. The second-order valence-corrected chi connectivity index (χ2v) is 4.30. The molecular formula is C13H15FN4O. The zero-order valence-corrected chi connectivity index (χ0v) is 10.6. The summed E-state index contributed by atoms with van der Waals surface area (Å²) in [6, 6.07) is 3.89. The molecule has 0 saturated carbocycles. The van der Waals surface area contributed by atoms with Crippen LogP contribution in [-0.4, -0.2) is 15.7 Å². The van der Waals surface area contributed by atoms with Gasteiger partial charge in [-0.3, -0.25) is 9.48 Å². The first kappa shape index (κ1) is 13.1. The lowest BCUT2D eigenvalue weighted by atomic mass is 10.2. The van der Waals surface area contributed by atoms with E-state index < -0.39 is 5.82 Å². The molecule has 1 heterocycles. The monoisotopic (exact) mass is 262 g/mol. The number of aryl methyl sites for hydroxylation is 2. The van der Waals surface area contributed by atoms with Crippen LogP contribution in [0.5, 0.6) is 0 Å². The first-order chi connectivity index (χ1) is 9.04. The number of anilines is 2. The number of carbonyl (C=O) groups excluding carboxylic acids is 1. The first-order valence-electron chi connectivity index (χ1n) is 5.87. The van der Waals surface area contributed by atoms with E-state index in [9.17, 15) is 9.18 Å². The van der Waals surface area contributed by atoms with Gasteiger partial charge in [0.1, 0.15) is 5.82 Å². The molecule has 0 fully saturated rings. The third-order valence-electron chi connectivity index (χ3n) is 2.69. The molecule has 19 heavy (non-hydrogen) atoms. The van der Waals surface area contributed by atoms with E-state index in [1.54, 1.807) is 10.9 Å². The fourth-order valence-corrected chi connectivity index (χ4v) is 1.72. The Morgan fingerprint density at radius 1 is 1.53 bits per heavy atom. The summed E-state index contributed by atoms with van der Waals surface area (Å²) in [5, 5.41) is 6.68. The van der Waals surface area contributed by atoms with Crippen LogP contribution in [0.25, 0.3) is 0 Å². The number of amides is 1. The van der Waals surface area contributed by atoms with E-state index >= 15 is 0 Å². The van der Waals surface area contributed by atoms with Gasteiger partial charge in [0.2, 0.25) is 5.91 Å². The molecule has 0 unspecified atom stereocenters. The lowest BCUT2D eigenvalue weighted by Gasteiger charge is -2.07. The number of carbonyl (C=O) groups is 1. The van der Waals surface area contributed by atoms with Gasteiger partial charge >= 0.3 is 0 Å². The molecule has 0 aliphatic rings. The Morgan fingerprint density at radius 2 is 2.32 bits per heavy atom. The van der Waals surface area contributed by atoms with Gasteiger partial charge in [-0.1, -0.05) is 0 Å². The molecule has 6 heteroatoms. The van der Waals surface area contributed by atoms with Crippen LogP contribution in [0, 0.1) is 5.82 Å². The highest BCUT2D eigenvalue weighted by Crippen LogP contribution is 2.19. The van der Waals surface area contributed by atoms with Crippen molar-refractivity contribution >= 4 is 17.3 Å². The molecule has 100 valence electrons. The Labute approximate surface area is 110 Å². The van der Waals surface area contributed by atoms with Crippen molar-refractivity contribution in [2.45, 2.75) is 12.8 Å². The zero-order valence-electron chi connectivity index (χ0n) is 10.6. The number of hydrogen-bond acceptors (Lipinski definition) is 3. The SMILES string of the molecule is Cn1cc(CCC(=O)Nc2ccc(F)cc2N)cn1. The Morgan fingerprint density at radius 3 is 2.95 bits per heavy atom. The molecule has 0 spiro atoms. The summed E-state index contributed by atoms with van der Waals surface area (Å²) in [6.45, 7) is 0. The summed E-state index contributed by atoms with van der Waals surface area (Å²) < 4.78 is 14.5. The van der Waals surface area contributed by atoms with Gasteiger partial charge in [0.25, 0.3) is 0 Å². The van der Waals surface area contributed by atoms with Crippen LogP contribution in [0.15, 0.2) is 30.6 Å². The van der Waals surface area contributed by atoms with E-state index in [0.29, 0.717) is 18.5 Å². The smallest absolute Gasteiger partial charge is 0.224 e. The van der Waals surface area contributed by atoms with Gasteiger partial charge in [0.15, 0.2) is 0 Å². The lowest BCUT2D eigenvalue weighted by Crippen LogP contribution is -2.13. The predicted octanol–water partition coefficient (Wildman–Crippen LogP) is 1.71. The van der Waals surface area contributed by atoms with Crippen LogP contribution >= 0.6 is 0 Å². The van der Waals surface area contributed by atoms with Crippen molar-refractivity contribution in [3.8, 4) is 0 Å². The summed E-state index contributed by atoms with van der Waals surface area (Å²) in [6.07, 6.45) is 4.50. The molecule has 1 aromatic carbocycles. The number of nitrogens with two attached hydrogens (primary N) is 1. The second-order valence-electron chi connectivity index (χ2n) is 4.30. The first-order valence-corrected chi connectivity index (χ1v) is 5.87. The third kappa shape index (κ3) is 3.54. The quantitative estimate of drug-likeness (QED) is 0.824. The zero-order chi connectivity index (χ0) is 13.8. The van der Waals surface area contributed by atoms with Gasteiger partial charge in [0, 0.05) is 19.7 Å². The summed E-state index contributed by atoms with van der Waals surface area (Å²) >= 11 is 0. The van der Waals surface area contributed by atoms with Crippen molar-refractivity contribution in [3.05, 3.63) is 42.0 Å². The van der Waals surface area contributed by atoms with Crippen LogP contribution in [0.1, 0.15) is 12.0 Å². The fraction of sp³-hybridized carbons (Fsp3) is 0.231. The molecule has 1 aromatic heterocycles. The van der Waals surface area contributed by atoms with E-state index in [-0.39, 0.29) is 11.6 Å². The van der Waals surface area contributed by atoms with Crippen molar-refractivity contribution in [1.82, 2.24) is 9.78 Å². The van der Waals surface area contributed by atoms with Crippen LogP contribution < -0.4 is 11.1 Å². The van der Waals surface area contributed by atoms with Crippen molar-refractivity contribution in [2.24, 2.45) is 7.05 Å². The molecule has 5 nitrogen and oxygen atoms in total. The normalized spacial score (nSPS) is 10.4. The van der Waals surface area contributed by atoms with E-state index in [2.05, 4.69) is 10.4 Å². The third-order valence-corrected chi connectivity index (χ3v) is 2.69. The summed E-state index contributed by atoms with van der Waals surface area (Å²) in [5.41, 5.74) is 7.25. The second kappa shape index (κ2) is 5.51. The molecule has 3 N–H and O–H groups in total. The minimum atomic E-state index is -0.425. The summed E-state index contributed by atoms with van der Waals surface area (Å²) in [5.74, 6) is -0.590. The van der Waals surface area contributed by atoms with Crippen molar-refractivity contribution in [2.75, 3.05) is 11.1 Å². The average molecular weight is 262 g/mol. The van der Waals surface area contributed by atoms with Gasteiger partial charge in [-0.25, -0.2) is 4.39 Å². The van der Waals surface area contributed by atoms with E-state index in [1.807, 2.05) is 13.2 Å². The van der Waals surface area contributed by atoms with E-state index in [0.717, 1.165) is 5.56 Å². The summed E-state index contributed by atoms with van der Waals surface area (Å²) in [7, 11) is 1.82. The molecule has 0 aliphatic heterocycles. The Hall–Kier alpha value is -2.37. The van der Waals surface area contributed by atoms with Crippen molar-refractivity contribution in [3.63, 3.8) is 0 Å². The van der Waals surface area contributed by atoms with Gasteiger partial charge < -0.3 is 11.1 Å². The number of hydrogen-bond donors (Lipinski definition) is 2. The van der Waals surface area contributed by atoms with Crippen LogP contribution in [0.3, 0.4) is 0 Å². The largest absolute Gasteiger partial charge is 0.397 e. The van der Waals surface area contributed by atoms with Gasteiger partial charge in [-0.05, 0) is 30.2 Å². The van der Waals surface area contributed by atoms with E-state index in [1.165, 1.54) is 18.2 Å². The predicted molar refractivity (Wildman–Crippen MR) is 71.0 cm³/mol. The maximum absolute atomic E-state index is 12.9. The molecule has 0 bridgehead atoms. The number of nitrogen functional groups attached to an aromatic ring is 1. The number of nitrogens with zero attached hydrogens (tertiary/aromatic N) is 2. The van der Waals surface area contributed by atoms with Crippen molar-refractivity contribution < 1.29 is 9.18 Å². The Bertz CT molecular complexity index is 594. The number of halogens is 1.